The summed E-state index contributed by atoms with van der Waals surface area (Å²) in [6.45, 7) is 2.42. The van der Waals surface area contributed by atoms with Gasteiger partial charge in [-0.3, -0.25) is 0 Å². The lowest BCUT2D eigenvalue weighted by atomic mass is 10.1. The molecule has 0 saturated heterocycles. The van der Waals surface area contributed by atoms with E-state index < -0.39 is 0 Å². The number of rotatable bonds is 4. The average molecular weight is 277 g/mol. The summed E-state index contributed by atoms with van der Waals surface area (Å²) in [5.41, 5.74) is 3.65. The van der Waals surface area contributed by atoms with Crippen molar-refractivity contribution in [2.24, 2.45) is 0 Å². The van der Waals surface area contributed by atoms with E-state index in [9.17, 15) is 0 Å². The van der Waals surface area contributed by atoms with E-state index in [1.165, 1.54) is 11.3 Å². The Kier molecular flexibility index (Phi) is 3.49. The van der Waals surface area contributed by atoms with Crippen LogP contribution in [0, 0.1) is 0 Å². The van der Waals surface area contributed by atoms with E-state index >= 15 is 0 Å². The quantitative estimate of drug-likeness (QED) is 0.929. The first-order chi connectivity index (χ1) is 9.28. The molecule has 0 aliphatic carbocycles. The van der Waals surface area contributed by atoms with E-state index in [0.29, 0.717) is 0 Å². The van der Waals surface area contributed by atoms with Crippen LogP contribution in [0.15, 0.2) is 30.5 Å². The fraction of sp³-hybridized carbons (Fsp3) is 0.333. The van der Waals surface area contributed by atoms with Crippen LogP contribution in [0.1, 0.15) is 16.8 Å². The van der Waals surface area contributed by atoms with Crippen molar-refractivity contribution in [1.29, 1.82) is 0 Å². The maximum absolute atomic E-state index is 6.19. The molecule has 1 N–H and O–H groups in total. The first-order valence-corrected chi connectivity index (χ1v) is 6.88. The summed E-state index contributed by atoms with van der Waals surface area (Å²) in [6, 6.07) is 8.22. The molecule has 3 nitrogen and oxygen atoms in total. The number of halogens is 1. The molecule has 0 amide bonds. The molecule has 0 radical (unpaired) electrons. The number of aromatic nitrogens is 1. The normalized spacial score (nSPS) is 13.4. The van der Waals surface area contributed by atoms with Gasteiger partial charge in [0.1, 0.15) is 5.75 Å². The van der Waals surface area contributed by atoms with Crippen molar-refractivity contribution in [2.75, 3.05) is 13.7 Å². The molecule has 1 aliphatic rings. The lowest BCUT2D eigenvalue weighted by molar-refractivity contribution is 0.352. The van der Waals surface area contributed by atoms with Gasteiger partial charge in [-0.1, -0.05) is 11.6 Å². The van der Waals surface area contributed by atoms with E-state index in [4.69, 9.17) is 16.3 Å². The monoisotopic (exact) mass is 276 g/mol. The predicted molar refractivity (Wildman–Crippen MR) is 76.9 cm³/mol. The maximum Gasteiger partial charge on any atom is 0.127 e. The van der Waals surface area contributed by atoms with Gasteiger partial charge in [-0.15, -0.1) is 0 Å². The number of nitrogens with one attached hydrogen (secondary N) is 1. The highest BCUT2D eigenvalue weighted by molar-refractivity contribution is 6.30. The van der Waals surface area contributed by atoms with Crippen molar-refractivity contribution >= 4 is 11.6 Å². The van der Waals surface area contributed by atoms with Crippen LogP contribution in [0.25, 0.3) is 0 Å². The Balaban J connectivity index is 1.93. The summed E-state index contributed by atoms with van der Waals surface area (Å²) < 4.78 is 7.97. The third-order valence-corrected chi connectivity index (χ3v) is 3.67. The molecule has 100 valence electrons. The summed E-state index contributed by atoms with van der Waals surface area (Å²) in [5.74, 6) is 1.02. The summed E-state index contributed by atoms with van der Waals surface area (Å²) in [6.07, 6.45) is 3.05. The van der Waals surface area contributed by atoms with Crippen molar-refractivity contribution in [3.8, 4) is 5.75 Å². The van der Waals surface area contributed by atoms with Crippen molar-refractivity contribution in [1.82, 2.24) is 9.88 Å². The molecule has 1 aliphatic heterocycles. The van der Waals surface area contributed by atoms with E-state index in [-0.39, 0.29) is 0 Å². The highest BCUT2D eigenvalue weighted by Crippen LogP contribution is 2.33. The van der Waals surface area contributed by atoms with Crippen molar-refractivity contribution in [2.45, 2.75) is 19.5 Å². The molecule has 0 unspecified atom stereocenters. The highest BCUT2D eigenvalue weighted by atomic mass is 35.5. The Labute approximate surface area is 118 Å². The molecule has 0 atom stereocenters. The summed E-state index contributed by atoms with van der Waals surface area (Å²) >= 11 is 6.19. The van der Waals surface area contributed by atoms with Crippen molar-refractivity contribution < 1.29 is 4.74 Å². The smallest absolute Gasteiger partial charge is 0.127 e. The second-order valence-corrected chi connectivity index (χ2v) is 5.25. The number of hydrogen-bond acceptors (Lipinski definition) is 2. The third-order valence-electron chi connectivity index (χ3n) is 3.45. The van der Waals surface area contributed by atoms with Gasteiger partial charge >= 0.3 is 0 Å². The molecule has 1 aromatic heterocycles. The van der Waals surface area contributed by atoms with Crippen LogP contribution in [0.3, 0.4) is 0 Å². The van der Waals surface area contributed by atoms with Gasteiger partial charge in [0.25, 0.3) is 0 Å². The minimum absolute atomic E-state index is 0.762. The number of hydrogen-bond donors (Lipinski definition) is 1. The molecule has 19 heavy (non-hydrogen) atoms. The van der Waals surface area contributed by atoms with Gasteiger partial charge in [-0.05, 0) is 36.9 Å². The largest absolute Gasteiger partial charge is 0.493 e. The Morgan fingerprint density at radius 3 is 3.16 bits per heavy atom. The standard InChI is InChI=1S/C15H17ClN2O/c1-17-9-14-3-2-5-18(14)10-12-8-13(16)7-11-4-6-19-15(11)12/h2-3,5,7-8,17H,4,6,9-10H2,1H3. The van der Waals surface area contributed by atoms with E-state index in [1.807, 2.05) is 19.2 Å². The Morgan fingerprint density at radius 1 is 1.42 bits per heavy atom. The molecule has 0 fully saturated rings. The van der Waals surface area contributed by atoms with E-state index in [2.05, 4.69) is 28.2 Å². The predicted octanol–water partition coefficient (Wildman–Crippen LogP) is 2.84. The lowest BCUT2D eigenvalue weighted by Crippen LogP contribution is -2.11. The van der Waals surface area contributed by atoms with Crippen LogP contribution in [-0.2, 0) is 19.5 Å². The van der Waals surface area contributed by atoms with Crippen molar-refractivity contribution in [3.05, 3.63) is 52.3 Å². The number of nitrogens with zero attached hydrogens (tertiary/aromatic N) is 1. The van der Waals surface area contributed by atoms with Gasteiger partial charge in [-0.2, -0.15) is 0 Å². The Bertz CT molecular complexity index is 592. The average Bonchev–Trinajstić information content (AvgIpc) is 2.99. The van der Waals surface area contributed by atoms with Gasteiger partial charge in [0, 0.05) is 35.4 Å². The number of fused-ring (bicyclic) bond motifs is 1. The van der Waals surface area contributed by atoms with Gasteiger partial charge in [0.05, 0.1) is 13.2 Å². The summed E-state index contributed by atoms with van der Waals surface area (Å²) in [4.78, 5) is 0. The van der Waals surface area contributed by atoms with Crippen LogP contribution in [-0.4, -0.2) is 18.2 Å². The van der Waals surface area contributed by atoms with Crippen LogP contribution in [0.2, 0.25) is 5.02 Å². The first-order valence-electron chi connectivity index (χ1n) is 6.50. The number of ether oxygens (including phenoxy) is 1. The maximum atomic E-state index is 6.19. The van der Waals surface area contributed by atoms with Gasteiger partial charge in [0.15, 0.2) is 0 Å². The molecular weight excluding hydrogens is 260 g/mol. The van der Waals surface area contributed by atoms with Gasteiger partial charge < -0.3 is 14.6 Å². The van der Waals surface area contributed by atoms with Crippen LogP contribution in [0.5, 0.6) is 5.75 Å². The van der Waals surface area contributed by atoms with E-state index in [1.54, 1.807) is 0 Å². The van der Waals surface area contributed by atoms with Crippen LogP contribution < -0.4 is 10.1 Å². The first kappa shape index (κ1) is 12.6. The fourth-order valence-corrected chi connectivity index (χ4v) is 2.86. The van der Waals surface area contributed by atoms with E-state index in [0.717, 1.165) is 42.5 Å². The molecule has 4 heteroatoms. The molecule has 1 aromatic carbocycles. The topological polar surface area (TPSA) is 26.2 Å². The molecule has 0 spiro atoms. The van der Waals surface area contributed by atoms with Crippen LogP contribution in [0.4, 0.5) is 0 Å². The Hall–Kier alpha value is -1.45. The second kappa shape index (κ2) is 5.27. The SMILES string of the molecule is CNCc1cccn1Cc1cc(Cl)cc2c1OCC2. The van der Waals surface area contributed by atoms with Crippen LogP contribution >= 0.6 is 11.6 Å². The highest BCUT2D eigenvalue weighted by Gasteiger charge is 2.18. The zero-order valence-corrected chi connectivity index (χ0v) is 11.7. The molecule has 2 aromatic rings. The van der Waals surface area contributed by atoms with Crippen molar-refractivity contribution in [3.63, 3.8) is 0 Å². The molecular formula is C15H17ClN2O. The molecule has 0 saturated carbocycles. The molecule has 0 bridgehead atoms. The third kappa shape index (κ3) is 2.48. The zero-order valence-electron chi connectivity index (χ0n) is 10.9. The Morgan fingerprint density at radius 2 is 2.32 bits per heavy atom. The summed E-state index contributed by atoms with van der Waals surface area (Å²) in [7, 11) is 1.96. The fourth-order valence-electron chi connectivity index (χ4n) is 2.59. The lowest BCUT2D eigenvalue weighted by Gasteiger charge is -2.13. The minimum Gasteiger partial charge on any atom is -0.493 e. The van der Waals surface area contributed by atoms with Gasteiger partial charge in [0.2, 0.25) is 0 Å². The van der Waals surface area contributed by atoms with Gasteiger partial charge in [-0.25, -0.2) is 0 Å². The number of benzene rings is 1. The minimum atomic E-state index is 0.762. The second-order valence-electron chi connectivity index (χ2n) is 4.81. The summed E-state index contributed by atoms with van der Waals surface area (Å²) in [5, 5.41) is 3.97. The molecule has 2 heterocycles. The molecule has 3 rings (SSSR count). The zero-order chi connectivity index (χ0) is 13.2.